The quantitative estimate of drug-likeness (QED) is 0.618. The molecule has 0 spiro atoms. The zero-order valence-corrected chi connectivity index (χ0v) is 6.06. The van der Waals surface area contributed by atoms with Gasteiger partial charge in [-0.25, -0.2) is 0 Å². The molecule has 1 aromatic rings. The molecule has 0 saturated carbocycles. The predicted molar refractivity (Wildman–Crippen MR) is 42.1 cm³/mol. The second-order valence-corrected chi connectivity index (χ2v) is 2.52. The molecule has 1 aromatic heterocycles. The minimum absolute atomic E-state index is 0.531. The van der Waals surface area contributed by atoms with Gasteiger partial charge in [-0.2, -0.15) is 16.6 Å². The van der Waals surface area contributed by atoms with E-state index in [1.807, 2.05) is 22.9 Å². The summed E-state index contributed by atoms with van der Waals surface area (Å²) in [6.07, 6.45) is 1.34. The molecule has 1 rings (SSSR count). The number of hydrogen-bond donors (Lipinski definition) is 1. The fourth-order valence-corrected chi connectivity index (χ4v) is 1.25. The Balaban J connectivity index is 2.90. The van der Waals surface area contributed by atoms with E-state index < -0.39 is 0 Å². The molecule has 0 radical (unpaired) electrons. The number of thiophene rings is 1. The first-order valence-electron chi connectivity index (χ1n) is 2.72. The van der Waals surface area contributed by atoms with Crippen molar-refractivity contribution in [2.24, 2.45) is 5.73 Å². The Bertz CT molecular complexity index is 266. The molecular weight excluding hydrogens is 144 g/mol. The Labute approximate surface area is 63.2 Å². The molecule has 3 heteroatoms. The third-order valence-electron chi connectivity index (χ3n) is 1.07. The highest BCUT2D eigenvalue weighted by Gasteiger charge is 1.93. The molecule has 0 atom stereocenters. The summed E-state index contributed by atoms with van der Waals surface area (Å²) >= 11 is 1.56. The molecule has 2 N–H and O–H groups in total. The second-order valence-electron chi connectivity index (χ2n) is 1.74. The van der Waals surface area contributed by atoms with Crippen LogP contribution in [0, 0.1) is 11.3 Å². The van der Waals surface area contributed by atoms with Gasteiger partial charge >= 0.3 is 0 Å². The Morgan fingerprint density at radius 1 is 1.80 bits per heavy atom. The zero-order chi connectivity index (χ0) is 7.40. The standard InChI is InChI=1S/C7H6N2S/c8-3-1-7(9)6-2-4-10-5-6/h1-2,4-5H,9H2/b7-1+. The normalized spacial score (nSPS) is 10.9. The van der Waals surface area contributed by atoms with Gasteiger partial charge in [-0.3, -0.25) is 0 Å². The van der Waals surface area contributed by atoms with Crippen LogP contribution in [-0.2, 0) is 0 Å². The monoisotopic (exact) mass is 150 g/mol. The van der Waals surface area contributed by atoms with Crippen LogP contribution in [0.15, 0.2) is 22.9 Å². The number of rotatable bonds is 1. The first kappa shape index (κ1) is 6.84. The molecule has 0 fully saturated rings. The molecule has 0 aliphatic rings. The van der Waals surface area contributed by atoms with Crippen molar-refractivity contribution in [2.75, 3.05) is 0 Å². The van der Waals surface area contributed by atoms with Crippen molar-refractivity contribution in [3.05, 3.63) is 28.5 Å². The Kier molecular flexibility index (Phi) is 2.08. The average Bonchev–Trinajstić information content (AvgIpc) is 2.38. The van der Waals surface area contributed by atoms with Gasteiger partial charge in [0.05, 0.1) is 11.8 Å². The van der Waals surface area contributed by atoms with Crippen LogP contribution >= 0.6 is 11.3 Å². The highest BCUT2D eigenvalue weighted by molar-refractivity contribution is 7.08. The van der Waals surface area contributed by atoms with E-state index in [9.17, 15) is 0 Å². The first-order valence-corrected chi connectivity index (χ1v) is 3.66. The maximum absolute atomic E-state index is 8.23. The van der Waals surface area contributed by atoms with Gasteiger partial charge in [-0.1, -0.05) is 0 Å². The van der Waals surface area contributed by atoms with Gasteiger partial charge in [0.15, 0.2) is 0 Å². The van der Waals surface area contributed by atoms with Crippen molar-refractivity contribution < 1.29 is 0 Å². The van der Waals surface area contributed by atoms with E-state index in [2.05, 4.69) is 0 Å². The van der Waals surface area contributed by atoms with Gasteiger partial charge in [-0.15, -0.1) is 0 Å². The molecule has 0 aliphatic heterocycles. The fraction of sp³-hybridized carbons (Fsp3) is 0. The van der Waals surface area contributed by atoms with E-state index in [0.29, 0.717) is 5.70 Å². The molecule has 0 aromatic carbocycles. The maximum Gasteiger partial charge on any atom is 0.0933 e. The third-order valence-corrected chi connectivity index (χ3v) is 1.76. The molecule has 0 unspecified atom stereocenters. The molecule has 10 heavy (non-hydrogen) atoms. The average molecular weight is 150 g/mol. The summed E-state index contributed by atoms with van der Waals surface area (Å²) in [5.41, 5.74) is 6.95. The lowest BCUT2D eigenvalue weighted by molar-refractivity contribution is 1.51. The molecule has 0 amide bonds. The largest absolute Gasteiger partial charge is 0.398 e. The predicted octanol–water partition coefficient (Wildman–Crippen LogP) is 1.57. The van der Waals surface area contributed by atoms with Crippen LogP contribution < -0.4 is 5.73 Å². The van der Waals surface area contributed by atoms with Crippen molar-refractivity contribution in [3.8, 4) is 6.07 Å². The van der Waals surface area contributed by atoms with Crippen molar-refractivity contribution in [2.45, 2.75) is 0 Å². The van der Waals surface area contributed by atoms with Gasteiger partial charge in [0.25, 0.3) is 0 Å². The van der Waals surface area contributed by atoms with Crippen molar-refractivity contribution in [1.29, 1.82) is 5.26 Å². The van der Waals surface area contributed by atoms with Gasteiger partial charge in [0.1, 0.15) is 0 Å². The minimum atomic E-state index is 0.531. The SMILES string of the molecule is N#C/C=C(/N)c1ccsc1. The molecule has 2 nitrogen and oxygen atoms in total. The van der Waals surface area contributed by atoms with Crippen molar-refractivity contribution in [1.82, 2.24) is 0 Å². The van der Waals surface area contributed by atoms with Crippen LogP contribution in [-0.4, -0.2) is 0 Å². The number of nitriles is 1. The van der Waals surface area contributed by atoms with Crippen LogP contribution in [0.4, 0.5) is 0 Å². The van der Waals surface area contributed by atoms with E-state index in [1.165, 1.54) is 6.08 Å². The van der Waals surface area contributed by atoms with E-state index in [-0.39, 0.29) is 0 Å². The summed E-state index contributed by atoms with van der Waals surface area (Å²) < 4.78 is 0. The third kappa shape index (κ3) is 1.36. The number of hydrogen-bond acceptors (Lipinski definition) is 3. The summed E-state index contributed by atoms with van der Waals surface area (Å²) in [6, 6.07) is 3.76. The number of allylic oxidation sites excluding steroid dienone is 1. The number of nitrogens with two attached hydrogens (primary N) is 1. The smallest absolute Gasteiger partial charge is 0.0933 e. The lowest BCUT2D eigenvalue weighted by atomic mass is 10.2. The van der Waals surface area contributed by atoms with Gasteiger partial charge in [0.2, 0.25) is 0 Å². The topological polar surface area (TPSA) is 49.8 Å². The summed E-state index contributed by atoms with van der Waals surface area (Å²) in [7, 11) is 0. The van der Waals surface area contributed by atoms with Crippen LogP contribution in [0.1, 0.15) is 5.56 Å². The number of nitrogens with zero attached hydrogens (tertiary/aromatic N) is 1. The highest BCUT2D eigenvalue weighted by atomic mass is 32.1. The second kappa shape index (κ2) is 3.04. The van der Waals surface area contributed by atoms with Crippen LogP contribution in [0.5, 0.6) is 0 Å². The first-order chi connectivity index (χ1) is 4.84. The van der Waals surface area contributed by atoms with Crippen LogP contribution in [0.25, 0.3) is 5.70 Å². The van der Waals surface area contributed by atoms with Crippen LogP contribution in [0.3, 0.4) is 0 Å². The molecule has 0 bridgehead atoms. The molecule has 1 heterocycles. The Morgan fingerprint density at radius 3 is 3.10 bits per heavy atom. The van der Waals surface area contributed by atoms with Gasteiger partial charge in [0, 0.05) is 17.0 Å². The summed E-state index contributed by atoms with van der Waals surface area (Å²) in [5, 5.41) is 12.1. The van der Waals surface area contributed by atoms with Crippen molar-refractivity contribution in [3.63, 3.8) is 0 Å². The fourth-order valence-electron chi connectivity index (χ4n) is 0.582. The lowest BCUT2D eigenvalue weighted by Crippen LogP contribution is -1.92. The van der Waals surface area contributed by atoms with E-state index in [0.717, 1.165) is 5.56 Å². The van der Waals surface area contributed by atoms with Gasteiger partial charge < -0.3 is 5.73 Å². The molecular formula is C7H6N2S. The zero-order valence-electron chi connectivity index (χ0n) is 5.24. The summed E-state index contributed by atoms with van der Waals surface area (Å²) in [5.74, 6) is 0. The van der Waals surface area contributed by atoms with E-state index in [4.69, 9.17) is 11.0 Å². The highest BCUT2D eigenvalue weighted by Crippen LogP contribution is 2.11. The van der Waals surface area contributed by atoms with E-state index in [1.54, 1.807) is 11.3 Å². The molecule has 50 valence electrons. The molecule has 0 saturated heterocycles. The Hall–Kier alpha value is -1.27. The Morgan fingerprint density at radius 2 is 2.60 bits per heavy atom. The van der Waals surface area contributed by atoms with Gasteiger partial charge in [-0.05, 0) is 11.4 Å². The van der Waals surface area contributed by atoms with E-state index >= 15 is 0 Å². The lowest BCUT2D eigenvalue weighted by Gasteiger charge is -1.90. The maximum atomic E-state index is 8.23. The summed E-state index contributed by atoms with van der Waals surface area (Å²) in [4.78, 5) is 0. The van der Waals surface area contributed by atoms with Crippen LogP contribution in [0.2, 0.25) is 0 Å². The molecule has 0 aliphatic carbocycles. The minimum Gasteiger partial charge on any atom is -0.398 e. The van der Waals surface area contributed by atoms with Crippen molar-refractivity contribution >= 4 is 17.0 Å². The summed E-state index contributed by atoms with van der Waals surface area (Å²) in [6.45, 7) is 0.